The zero-order chi connectivity index (χ0) is 15.3. The van der Waals surface area contributed by atoms with Crippen LogP contribution in [0.4, 0.5) is 5.69 Å². The monoisotopic (exact) mass is 318 g/mol. The minimum atomic E-state index is -0.00988. The van der Waals surface area contributed by atoms with Crippen LogP contribution in [-0.4, -0.2) is 36.3 Å². The lowest BCUT2D eigenvalue weighted by Gasteiger charge is -2.35. The van der Waals surface area contributed by atoms with Crippen LogP contribution in [-0.2, 0) is 9.59 Å². The summed E-state index contributed by atoms with van der Waals surface area (Å²) in [5, 5.41) is 4.04. The van der Waals surface area contributed by atoms with Crippen LogP contribution in [0.2, 0.25) is 0 Å². The van der Waals surface area contributed by atoms with Gasteiger partial charge in [0.05, 0.1) is 5.69 Å². The number of carbonyl (C=O) groups is 2. The third kappa shape index (κ3) is 2.26. The van der Waals surface area contributed by atoms with E-state index in [0.29, 0.717) is 18.2 Å². The van der Waals surface area contributed by atoms with E-state index in [1.165, 1.54) is 0 Å². The van der Waals surface area contributed by atoms with E-state index in [-0.39, 0.29) is 17.2 Å². The molecule has 118 valence electrons. The second kappa shape index (κ2) is 5.08. The Morgan fingerprint density at radius 2 is 2.18 bits per heavy atom. The van der Waals surface area contributed by atoms with Gasteiger partial charge in [-0.2, -0.15) is 11.3 Å². The quantitative estimate of drug-likeness (QED) is 0.841. The summed E-state index contributed by atoms with van der Waals surface area (Å²) in [6, 6.07) is 2.01. The Balaban J connectivity index is 1.44. The minimum absolute atomic E-state index is 0.00988. The third-order valence-electron chi connectivity index (χ3n) is 5.61. The van der Waals surface area contributed by atoms with Crippen molar-refractivity contribution in [2.75, 3.05) is 24.5 Å². The molecule has 1 aromatic rings. The molecule has 4 nitrogen and oxygen atoms in total. The van der Waals surface area contributed by atoms with Gasteiger partial charge in [0.1, 0.15) is 0 Å². The lowest BCUT2D eigenvalue weighted by atomic mass is 9.75. The van der Waals surface area contributed by atoms with E-state index in [2.05, 4.69) is 6.92 Å². The number of anilines is 1. The van der Waals surface area contributed by atoms with Crippen LogP contribution in [0.5, 0.6) is 0 Å². The van der Waals surface area contributed by atoms with Crippen molar-refractivity contribution in [1.82, 2.24) is 4.90 Å². The predicted octanol–water partition coefficient (Wildman–Crippen LogP) is 2.75. The van der Waals surface area contributed by atoms with Crippen LogP contribution in [0, 0.1) is 17.3 Å². The normalized spacial score (nSPS) is 34.5. The molecule has 1 aromatic heterocycles. The van der Waals surface area contributed by atoms with Crippen LogP contribution in [0.15, 0.2) is 16.8 Å². The summed E-state index contributed by atoms with van der Waals surface area (Å²) in [6.07, 6.45) is 3.64. The first-order chi connectivity index (χ1) is 10.6. The second-order valence-corrected chi connectivity index (χ2v) is 8.20. The van der Waals surface area contributed by atoms with Crippen molar-refractivity contribution in [3.63, 3.8) is 0 Å². The average molecular weight is 318 g/mol. The van der Waals surface area contributed by atoms with Gasteiger partial charge in [-0.3, -0.25) is 9.59 Å². The van der Waals surface area contributed by atoms with E-state index in [0.717, 1.165) is 44.6 Å². The Bertz CT molecular complexity index is 594. The van der Waals surface area contributed by atoms with Gasteiger partial charge in [-0.25, -0.2) is 0 Å². The first-order valence-corrected chi connectivity index (χ1v) is 9.12. The number of amides is 2. The standard InChI is InChI=1S/C17H22N2O2S/c1-12-6-13(7-12)16(21)18-4-3-17(10-18)8-15(20)19(11-17)14-2-5-22-9-14/h2,5,9,12-13H,3-4,6-8,10-11H2,1H3. The fourth-order valence-electron chi connectivity index (χ4n) is 4.30. The van der Waals surface area contributed by atoms with Crippen molar-refractivity contribution in [3.05, 3.63) is 16.8 Å². The highest BCUT2D eigenvalue weighted by Crippen LogP contribution is 2.44. The highest BCUT2D eigenvalue weighted by atomic mass is 32.1. The number of thiophene rings is 1. The van der Waals surface area contributed by atoms with Crippen molar-refractivity contribution < 1.29 is 9.59 Å². The maximum Gasteiger partial charge on any atom is 0.227 e. The molecule has 1 spiro atoms. The molecule has 4 rings (SSSR count). The zero-order valence-electron chi connectivity index (χ0n) is 13.0. The van der Waals surface area contributed by atoms with Crippen molar-refractivity contribution >= 4 is 28.8 Å². The van der Waals surface area contributed by atoms with Crippen molar-refractivity contribution in [3.8, 4) is 0 Å². The summed E-state index contributed by atoms with van der Waals surface area (Å²) in [5.41, 5.74) is 1.01. The molecule has 3 aliphatic rings. The van der Waals surface area contributed by atoms with E-state index in [1.54, 1.807) is 11.3 Å². The molecule has 0 radical (unpaired) electrons. The van der Waals surface area contributed by atoms with Gasteiger partial charge in [0.25, 0.3) is 0 Å². The molecule has 3 fully saturated rings. The molecule has 1 aliphatic carbocycles. The van der Waals surface area contributed by atoms with Crippen LogP contribution >= 0.6 is 11.3 Å². The molecule has 1 atom stereocenters. The molecule has 2 saturated heterocycles. The molecular formula is C17H22N2O2S. The maximum atomic E-state index is 12.5. The molecule has 3 heterocycles. The lowest BCUT2D eigenvalue weighted by molar-refractivity contribution is -0.139. The van der Waals surface area contributed by atoms with Gasteiger partial charge in [-0.15, -0.1) is 0 Å². The molecule has 0 bridgehead atoms. The fourth-order valence-corrected chi connectivity index (χ4v) is 4.94. The van der Waals surface area contributed by atoms with E-state index in [9.17, 15) is 9.59 Å². The fraction of sp³-hybridized carbons (Fsp3) is 0.647. The number of hydrogen-bond acceptors (Lipinski definition) is 3. The highest BCUT2D eigenvalue weighted by Gasteiger charge is 2.50. The molecular weight excluding hydrogens is 296 g/mol. The van der Waals surface area contributed by atoms with Gasteiger partial charge in [0, 0.05) is 42.8 Å². The van der Waals surface area contributed by atoms with Crippen LogP contribution in [0.3, 0.4) is 0 Å². The second-order valence-electron chi connectivity index (χ2n) is 7.42. The van der Waals surface area contributed by atoms with Gasteiger partial charge in [-0.05, 0) is 36.6 Å². The van der Waals surface area contributed by atoms with E-state index in [4.69, 9.17) is 0 Å². The number of likely N-dealkylation sites (tertiary alicyclic amines) is 1. The summed E-state index contributed by atoms with van der Waals surface area (Å²) in [4.78, 5) is 28.9. The third-order valence-corrected chi connectivity index (χ3v) is 6.28. The molecule has 0 N–H and O–H groups in total. The maximum absolute atomic E-state index is 12.5. The summed E-state index contributed by atoms with van der Waals surface area (Å²) in [6.45, 7) is 4.58. The van der Waals surface area contributed by atoms with Crippen LogP contribution in [0.25, 0.3) is 0 Å². The Hall–Kier alpha value is -1.36. The lowest BCUT2D eigenvalue weighted by Crippen LogP contribution is -2.41. The van der Waals surface area contributed by atoms with E-state index < -0.39 is 0 Å². The summed E-state index contributed by atoms with van der Waals surface area (Å²) in [7, 11) is 0. The largest absolute Gasteiger partial charge is 0.342 e. The first kappa shape index (κ1) is 14.2. The Kier molecular flexibility index (Phi) is 3.29. The number of hydrogen-bond donors (Lipinski definition) is 0. The van der Waals surface area contributed by atoms with Gasteiger partial charge >= 0.3 is 0 Å². The van der Waals surface area contributed by atoms with Gasteiger partial charge in [0.2, 0.25) is 11.8 Å². The summed E-state index contributed by atoms with van der Waals surface area (Å²) in [5.74, 6) is 1.49. The molecule has 1 unspecified atom stereocenters. The van der Waals surface area contributed by atoms with Crippen LogP contribution < -0.4 is 4.90 Å². The number of carbonyl (C=O) groups excluding carboxylic acids is 2. The van der Waals surface area contributed by atoms with Gasteiger partial charge < -0.3 is 9.80 Å². The molecule has 22 heavy (non-hydrogen) atoms. The molecule has 1 saturated carbocycles. The predicted molar refractivity (Wildman–Crippen MR) is 86.8 cm³/mol. The van der Waals surface area contributed by atoms with E-state index >= 15 is 0 Å². The van der Waals surface area contributed by atoms with E-state index in [1.807, 2.05) is 26.6 Å². The van der Waals surface area contributed by atoms with Crippen molar-refractivity contribution in [2.24, 2.45) is 17.3 Å². The highest BCUT2D eigenvalue weighted by molar-refractivity contribution is 7.08. The first-order valence-electron chi connectivity index (χ1n) is 8.18. The molecule has 0 aromatic carbocycles. The average Bonchev–Trinajstić information content (AvgIpc) is 3.16. The van der Waals surface area contributed by atoms with Crippen molar-refractivity contribution in [2.45, 2.75) is 32.6 Å². The topological polar surface area (TPSA) is 40.6 Å². The zero-order valence-corrected chi connectivity index (χ0v) is 13.8. The molecule has 5 heteroatoms. The van der Waals surface area contributed by atoms with Gasteiger partial charge in [0.15, 0.2) is 0 Å². The molecule has 2 aliphatic heterocycles. The number of rotatable bonds is 2. The smallest absolute Gasteiger partial charge is 0.227 e. The Labute approximate surface area is 135 Å². The molecule has 2 amide bonds. The minimum Gasteiger partial charge on any atom is -0.342 e. The Morgan fingerprint density at radius 1 is 1.36 bits per heavy atom. The summed E-state index contributed by atoms with van der Waals surface area (Å²) >= 11 is 1.62. The Morgan fingerprint density at radius 3 is 2.86 bits per heavy atom. The van der Waals surface area contributed by atoms with Crippen LogP contribution in [0.1, 0.15) is 32.6 Å². The number of nitrogens with zero attached hydrogens (tertiary/aromatic N) is 2. The van der Waals surface area contributed by atoms with Crippen molar-refractivity contribution in [1.29, 1.82) is 0 Å². The summed E-state index contributed by atoms with van der Waals surface area (Å²) < 4.78 is 0. The SMILES string of the molecule is CC1CC(C(=O)N2CCC3(CC(=O)N(c4ccsc4)C3)C2)C1. The van der Waals surface area contributed by atoms with Gasteiger partial charge in [-0.1, -0.05) is 6.92 Å².